The number of carbonyl (C=O) groups is 3. The second-order valence-corrected chi connectivity index (χ2v) is 18.4. The lowest BCUT2D eigenvalue weighted by molar-refractivity contribution is -0.887. The van der Waals surface area contributed by atoms with Gasteiger partial charge >= 0.3 is 17.9 Å². The van der Waals surface area contributed by atoms with Gasteiger partial charge in [-0.15, -0.1) is 0 Å². The summed E-state index contributed by atoms with van der Waals surface area (Å²) in [5.41, 5.74) is 0. The minimum atomic E-state index is -0.880. The van der Waals surface area contributed by atoms with Crippen LogP contribution in [0, 0.1) is 0 Å². The number of aliphatic carboxylic acids is 1. The van der Waals surface area contributed by atoms with Crippen molar-refractivity contribution in [1.29, 1.82) is 0 Å². The Bertz CT molecular complexity index is 1210. The third-order valence-electron chi connectivity index (χ3n) is 11.4. The Labute approximate surface area is 388 Å². The molecule has 364 valence electrons. The molecule has 0 saturated carbocycles. The monoisotopic (exact) mass is 885 g/mol. The number of ether oxygens (including phenoxy) is 3. The number of nitrogens with zero attached hydrogens (tertiary/aromatic N) is 1. The van der Waals surface area contributed by atoms with Crippen molar-refractivity contribution >= 4 is 17.9 Å². The van der Waals surface area contributed by atoms with Crippen LogP contribution >= 0.6 is 0 Å². The lowest BCUT2D eigenvalue weighted by Crippen LogP contribution is -2.50. The average molecular weight is 885 g/mol. The quantitative estimate of drug-likeness (QED) is 0.0281. The summed E-state index contributed by atoms with van der Waals surface area (Å²) in [6.45, 7) is 4.69. The number of carboxylic acid groups (broad SMARTS) is 1. The minimum Gasteiger partial charge on any atom is -0.477 e. The molecule has 0 aromatic carbocycles. The van der Waals surface area contributed by atoms with Gasteiger partial charge in [-0.05, 0) is 64.2 Å². The fraction of sp³-hybridized carbons (Fsp3) is 0.764. The molecule has 0 rings (SSSR count). The van der Waals surface area contributed by atoms with Crippen LogP contribution in [0.4, 0.5) is 0 Å². The van der Waals surface area contributed by atoms with Crippen molar-refractivity contribution in [3.63, 3.8) is 0 Å². The van der Waals surface area contributed by atoms with Gasteiger partial charge in [-0.2, -0.15) is 0 Å². The number of hydrogen-bond donors (Lipinski definition) is 1. The summed E-state index contributed by atoms with van der Waals surface area (Å²) in [7, 11) is 5.52. The highest BCUT2D eigenvalue weighted by Gasteiger charge is 2.31. The summed E-state index contributed by atoms with van der Waals surface area (Å²) in [4.78, 5) is 37.1. The predicted molar refractivity (Wildman–Crippen MR) is 266 cm³/mol. The van der Waals surface area contributed by atoms with Crippen LogP contribution in [0.1, 0.15) is 219 Å². The molecule has 0 aliphatic carbocycles. The van der Waals surface area contributed by atoms with E-state index in [0.29, 0.717) is 19.3 Å². The number of carbonyl (C=O) groups excluding carboxylic acids is 2. The Morgan fingerprint density at radius 2 is 0.841 bits per heavy atom. The Hall–Kier alpha value is -2.97. The Balaban J connectivity index is 4.33. The van der Waals surface area contributed by atoms with Gasteiger partial charge in [0, 0.05) is 19.3 Å². The van der Waals surface area contributed by atoms with Crippen LogP contribution in [0.15, 0.2) is 60.8 Å². The molecule has 0 fully saturated rings. The summed E-state index contributed by atoms with van der Waals surface area (Å²) in [5.74, 6) is -1.52. The van der Waals surface area contributed by atoms with Crippen molar-refractivity contribution in [3.8, 4) is 0 Å². The second-order valence-electron chi connectivity index (χ2n) is 18.4. The van der Waals surface area contributed by atoms with Gasteiger partial charge < -0.3 is 23.8 Å². The number of rotatable bonds is 46. The molecule has 0 bridgehead atoms. The van der Waals surface area contributed by atoms with E-state index >= 15 is 0 Å². The average Bonchev–Trinajstić information content (AvgIpc) is 3.24. The number of carboxylic acids is 1. The predicted octanol–water partition coefficient (Wildman–Crippen LogP) is 14.9. The summed E-state index contributed by atoms with van der Waals surface area (Å²) < 4.78 is 17.3. The van der Waals surface area contributed by atoms with E-state index < -0.39 is 18.1 Å². The van der Waals surface area contributed by atoms with Gasteiger partial charge in [0.05, 0.1) is 34.4 Å². The molecular weight excluding hydrogens is 787 g/mol. The molecule has 0 aromatic rings. The van der Waals surface area contributed by atoms with Crippen molar-refractivity contribution in [1.82, 2.24) is 0 Å². The molecule has 0 aromatic heterocycles. The van der Waals surface area contributed by atoms with Crippen molar-refractivity contribution in [3.05, 3.63) is 60.8 Å². The highest BCUT2D eigenvalue weighted by atomic mass is 16.6. The molecule has 2 atom stereocenters. The Morgan fingerprint density at radius 3 is 1.27 bits per heavy atom. The number of hydrogen-bond acceptors (Lipinski definition) is 6. The molecule has 0 aliphatic heterocycles. The fourth-order valence-electron chi connectivity index (χ4n) is 7.41. The zero-order chi connectivity index (χ0) is 46.3. The van der Waals surface area contributed by atoms with Gasteiger partial charge in [0.2, 0.25) is 0 Å². The van der Waals surface area contributed by atoms with Crippen molar-refractivity contribution < 1.29 is 38.2 Å². The van der Waals surface area contributed by atoms with Crippen LogP contribution in [0.3, 0.4) is 0 Å². The first-order valence-electron chi connectivity index (χ1n) is 25.8. The molecule has 0 radical (unpaired) electrons. The van der Waals surface area contributed by atoms with Crippen LogP contribution in [-0.4, -0.2) is 80.6 Å². The van der Waals surface area contributed by atoms with Crippen LogP contribution < -0.4 is 0 Å². The van der Waals surface area contributed by atoms with Gasteiger partial charge in [0.25, 0.3) is 0 Å². The molecule has 8 heteroatoms. The molecule has 8 nitrogen and oxygen atoms in total. The highest BCUT2D eigenvalue weighted by Crippen LogP contribution is 2.16. The lowest BCUT2D eigenvalue weighted by atomic mass is 10.0. The molecule has 63 heavy (non-hydrogen) atoms. The largest absolute Gasteiger partial charge is 0.477 e. The van der Waals surface area contributed by atoms with Gasteiger partial charge in [0.1, 0.15) is 6.61 Å². The summed E-state index contributed by atoms with van der Waals surface area (Å²) in [6.07, 6.45) is 57.0. The topological polar surface area (TPSA) is 99.1 Å². The lowest BCUT2D eigenvalue weighted by Gasteiger charge is -2.31. The van der Waals surface area contributed by atoms with Crippen LogP contribution in [0.5, 0.6) is 0 Å². The summed E-state index contributed by atoms with van der Waals surface area (Å²) in [6, 6.07) is -0.623. The third-order valence-corrected chi connectivity index (χ3v) is 11.4. The molecule has 2 unspecified atom stereocenters. The molecule has 0 aliphatic rings. The number of quaternary nitrogens is 1. The Kier molecular flexibility index (Phi) is 43.4. The normalized spacial score (nSPS) is 13.3. The first kappa shape index (κ1) is 60.0. The summed E-state index contributed by atoms with van der Waals surface area (Å²) >= 11 is 0. The molecule has 0 amide bonds. The molecular formula is C55H98NO7+. The van der Waals surface area contributed by atoms with Crippen LogP contribution in [0.2, 0.25) is 0 Å². The first-order valence-corrected chi connectivity index (χ1v) is 25.8. The molecule has 1 N–H and O–H groups in total. The maximum Gasteiger partial charge on any atom is 0.362 e. The molecule has 0 heterocycles. The molecule has 0 spiro atoms. The van der Waals surface area contributed by atoms with Gasteiger partial charge in [-0.25, -0.2) is 4.79 Å². The van der Waals surface area contributed by atoms with Gasteiger partial charge in [-0.3, -0.25) is 9.59 Å². The standard InChI is InChI=1S/C55H97NO7/c1-6-8-10-12-14-16-18-20-22-24-26-27-28-30-31-33-35-37-39-41-43-45-53(57)62-50-51(49-61-48-47-52(55(59)60)56(3,4)5)63-54(58)46-44-42-40-38-36-34-32-29-25-23-21-19-17-15-13-11-9-7-2/h14,16,20,22,26-27,30-31,35,37,51-52H,6-13,15,17-19,21,23-25,28-29,32-34,36,38-50H2,1-5H3/p+1/b16-14+,22-20+,27-26+,31-30+,37-35+. The van der Waals surface area contributed by atoms with Gasteiger partial charge in [-0.1, -0.05) is 197 Å². The number of unbranched alkanes of at least 4 members (excludes halogenated alkanes) is 22. The highest BCUT2D eigenvalue weighted by molar-refractivity contribution is 5.72. The smallest absolute Gasteiger partial charge is 0.362 e. The van der Waals surface area contributed by atoms with Crippen molar-refractivity contribution in [2.24, 2.45) is 0 Å². The first-order chi connectivity index (χ1) is 30.6. The van der Waals surface area contributed by atoms with E-state index in [-0.39, 0.29) is 36.2 Å². The van der Waals surface area contributed by atoms with Crippen molar-refractivity contribution in [2.75, 3.05) is 41.0 Å². The number of esters is 2. The van der Waals surface area contributed by atoms with E-state index in [4.69, 9.17) is 14.2 Å². The molecule has 0 saturated heterocycles. The van der Waals surface area contributed by atoms with E-state index in [9.17, 15) is 19.5 Å². The second kappa shape index (κ2) is 45.6. The summed E-state index contributed by atoms with van der Waals surface area (Å²) in [5, 5.41) is 9.65. The maximum absolute atomic E-state index is 12.8. The minimum absolute atomic E-state index is 0.0475. The fourth-order valence-corrected chi connectivity index (χ4v) is 7.41. The maximum atomic E-state index is 12.8. The van der Waals surface area contributed by atoms with Crippen molar-refractivity contribution in [2.45, 2.75) is 231 Å². The third kappa shape index (κ3) is 44.0. The van der Waals surface area contributed by atoms with E-state index in [2.05, 4.69) is 74.6 Å². The van der Waals surface area contributed by atoms with Crippen LogP contribution in [-0.2, 0) is 28.6 Å². The zero-order valence-corrected chi connectivity index (χ0v) is 41.5. The number of allylic oxidation sites excluding steroid dienone is 10. The number of likely N-dealkylation sites (N-methyl/N-ethyl adjacent to an activating group) is 1. The van der Waals surface area contributed by atoms with Gasteiger partial charge in [0.15, 0.2) is 12.1 Å². The van der Waals surface area contributed by atoms with E-state index in [1.165, 1.54) is 122 Å². The SMILES string of the molecule is CCCCC/C=C/C/C=C/C/C=C/C/C=C/C/C=C/CCCCC(=O)OCC(COCCC(C(=O)O)[N+](C)(C)C)OC(=O)CCCCCCCCCCCCCCCCCCCC. The zero-order valence-electron chi connectivity index (χ0n) is 41.5. The van der Waals surface area contributed by atoms with Crippen LogP contribution in [0.25, 0.3) is 0 Å². The van der Waals surface area contributed by atoms with E-state index in [1.54, 1.807) is 0 Å². The van der Waals surface area contributed by atoms with E-state index in [0.717, 1.165) is 64.2 Å². The van der Waals surface area contributed by atoms with E-state index in [1.807, 2.05) is 21.1 Å². The Morgan fingerprint density at radius 1 is 0.476 bits per heavy atom.